The van der Waals surface area contributed by atoms with Crippen LogP contribution in [-0.4, -0.2) is 21.9 Å². The Morgan fingerprint density at radius 3 is 2.62 bits per heavy atom. The molecule has 0 unspecified atom stereocenters. The third-order valence-corrected chi connectivity index (χ3v) is 4.36. The Balaban J connectivity index is 1.70. The molecule has 0 bridgehead atoms. The fourth-order valence-corrected chi connectivity index (χ4v) is 3.14. The van der Waals surface area contributed by atoms with Gasteiger partial charge in [0.1, 0.15) is 11.6 Å². The number of benzene rings is 2. The van der Waals surface area contributed by atoms with Crippen molar-refractivity contribution in [2.45, 2.75) is 26.2 Å². The molecule has 1 heterocycles. The van der Waals surface area contributed by atoms with Crippen LogP contribution in [0.4, 0.5) is 0 Å². The molecule has 0 radical (unpaired) electrons. The van der Waals surface area contributed by atoms with Crippen molar-refractivity contribution in [2.24, 2.45) is 0 Å². The quantitative estimate of drug-likeness (QED) is 0.676. The van der Waals surface area contributed by atoms with Gasteiger partial charge in [0.25, 0.3) is 0 Å². The molecule has 0 atom stereocenters. The summed E-state index contributed by atoms with van der Waals surface area (Å²) in [5, 5.41) is 7.30. The van der Waals surface area contributed by atoms with Gasteiger partial charge in [0.2, 0.25) is 0 Å². The van der Waals surface area contributed by atoms with E-state index >= 15 is 0 Å². The zero-order valence-electron chi connectivity index (χ0n) is 14.0. The highest BCUT2D eigenvalue weighted by Crippen LogP contribution is 2.20. The lowest BCUT2D eigenvalue weighted by Gasteiger charge is -2.08. The first kappa shape index (κ1) is 16.5. The number of aryl methyl sites for hydroxylation is 3. The van der Waals surface area contributed by atoms with Crippen molar-refractivity contribution < 1.29 is 4.74 Å². The normalized spacial score (nSPS) is 10.8. The molecule has 4 nitrogen and oxygen atoms in total. The topological polar surface area (TPSA) is 42.8 Å². The Labute approximate surface area is 147 Å². The van der Waals surface area contributed by atoms with Crippen LogP contribution in [0.5, 0.6) is 5.75 Å². The van der Waals surface area contributed by atoms with Gasteiger partial charge < -0.3 is 4.74 Å². The SMILES string of the molecule is COc1ccc(CCCc2n[nH]c(=S)n2-c2ccccc2)cc1C. The maximum atomic E-state index is 5.37. The molecule has 0 saturated heterocycles. The lowest BCUT2D eigenvalue weighted by molar-refractivity contribution is 0.411. The zero-order valence-corrected chi connectivity index (χ0v) is 14.8. The second kappa shape index (κ2) is 7.45. The molecule has 0 aliphatic heterocycles. The molecule has 0 saturated carbocycles. The molecule has 1 aromatic heterocycles. The van der Waals surface area contributed by atoms with Crippen molar-refractivity contribution in [3.8, 4) is 11.4 Å². The van der Waals surface area contributed by atoms with Gasteiger partial charge in [-0.25, -0.2) is 0 Å². The van der Waals surface area contributed by atoms with Crippen LogP contribution in [0.2, 0.25) is 0 Å². The number of nitrogens with zero attached hydrogens (tertiary/aromatic N) is 2. The van der Waals surface area contributed by atoms with E-state index in [2.05, 4.69) is 29.3 Å². The summed E-state index contributed by atoms with van der Waals surface area (Å²) in [5.41, 5.74) is 3.53. The zero-order chi connectivity index (χ0) is 16.9. The Bertz CT molecular complexity index is 868. The van der Waals surface area contributed by atoms with E-state index in [-0.39, 0.29) is 0 Å². The van der Waals surface area contributed by atoms with E-state index in [4.69, 9.17) is 17.0 Å². The minimum atomic E-state index is 0.636. The molecular formula is C19H21N3OS. The molecule has 3 aromatic rings. The van der Waals surface area contributed by atoms with Gasteiger partial charge in [-0.3, -0.25) is 9.67 Å². The number of rotatable bonds is 6. The summed E-state index contributed by atoms with van der Waals surface area (Å²) in [7, 11) is 1.70. The molecule has 1 N–H and O–H groups in total. The van der Waals surface area contributed by atoms with E-state index in [9.17, 15) is 0 Å². The first-order valence-corrected chi connectivity index (χ1v) is 8.45. The van der Waals surface area contributed by atoms with Gasteiger partial charge in [-0.1, -0.05) is 30.3 Å². The number of ether oxygens (including phenoxy) is 1. The standard InChI is InChI=1S/C19H21N3OS/c1-14-13-15(11-12-17(14)23-2)7-6-10-18-20-21-19(24)22(18)16-8-4-3-5-9-16/h3-5,8-9,11-13H,6-7,10H2,1-2H3,(H,21,24). The number of hydrogen-bond donors (Lipinski definition) is 1. The Morgan fingerprint density at radius 1 is 1.12 bits per heavy atom. The van der Waals surface area contributed by atoms with Gasteiger partial charge in [0, 0.05) is 12.1 Å². The summed E-state index contributed by atoms with van der Waals surface area (Å²) in [4.78, 5) is 0. The van der Waals surface area contributed by atoms with Crippen LogP contribution in [0, 0.1) is 11.7 Å². The van der Waals surface area contributed by atoms with Gasteiger partial charge in [0.15, 0.2) is 4.77 Å². The van der Waals surface area contributed by atoms with Crippen LogP contribution in [0.1, 0.15) is 23.4 Å². The van der Waals surface area contributed by atoms with Crippen LogP contribution in [0.3, 0.4) is 0 Å². The second-order valence-electron chi connectivity index (χ2n) is 5.77. The van der Waals surface area contributed by atoms with E-state index in [0.29, 0.717) is 4.77 Å². The summed E-state index contributed by atoms with van der Waals surface area (Å²) in [6, 6.07) is 16.4. The lowest BCUT2D eigenvalue weighted by Crippen LogP contribution is -2.02. The highest BCUT2D eigenvalue weighted by Gasteiger charge is 2.08. The average molecular weight is 339 g/mol. The summed E-state index contributed by atoms with van der Waals surface area (Å²) in [5.74, 6) is 1.90. The summed E-state index contributed by atoms with van der Waals surface area (Å²) < 4.78 is 7.96. The van der Waals surface area contributed by atoms with Crippen LogP contribution < -0.4 is 4.74 Å². The number of aromatic nitrogens is 3. The largest absolute Gasteiger partial charge is 0.496 e. The third kappa shape index (κ3) is 3.57. The van der Waals surface area contributed by atoms with Crippen LogP contribution in [-0.2, 0) is 12.8 Å². The van der Waals surface area contributed by atoms with E-state index in [1.165, 1.54) is 11.1 Å². The molecular weight excluding hydrogens is 318 g/mol. The van der Waals surface area contributed by atoms with E-state index in [0.717, 1.165) is 36.5 Å². The van der Waals surface area contributed by atoms with Crippen LogP contribution >= 0.6 is 12.2 Å². The molecule has 0 aliphatic rings. The maximum absolute atomic E-state index is 5.37. The molecule has 0 spiro atoms. The second-order valence-corrected chi connectivity index (χ2v) is 6.16. The maximum Gasteiger partial charge on any atom is 0.199 e. The van der Waals surface area contributed by atoms with Crippen LogP contribution in [0.25, 0.3) is 5.69 Å². The Morgan fingerprint density at radius 2 is 1.92 bits per heavy atom. The number of nitrogens with one attached hydrogen (secondary N) is 1. The lowest BCUT2D eigenvalue weighted by atomic mass is 10.0. The fourth-order valence-electron chi connectivity index (χ4n) is 2.89. The van der Waals surface area contributed by atoms with E-state index in [1.807, 2.05) is 41.0 Å². The van der Waals surface area contributed by atoms with Crippen molar-refractivity contribution in [3.63, 3.8) is 0 Å². The van der Waals surface area contributed by atoms with Gasteiger partial charge in [-0.15, -0.1) is 0 Å². The van der Waals surface area contributed by atoms with Gasteiger partial charge in [-0.05, 0) is 61.3 Å². The highest BCUT2D eigenvalue weighted by molar-refractivity contribution is 7.71. The molecule has 5 heteroatoms. The Kier molecular flexibility index (Phi) is 5.11. The summed E-state index contributed by atoms with van der Waals surface area (Å²) in [6.07, 6.45) is 2.88. The molecule has 124 valence electrons. The summed E-state index contributed by atoms with van der Waals surface area (Å²) >= 11 is 5.37. The molecule has 0 aliphatic carbocycles. The van der Waals surface area contributed by atoms with Crippen molar-refractivity contribution in [1.82, 2.24) is 14.8 Å². The van der Waals surface area contributed by atoms with Crippen molar-refractivity contribution in [2.75, 3.05) is 7.11 Å². The van der Waals surface area contributed by atoms with Gasteiger partial charge in [-0.2, -0.15) is 5.10 Å². The van der Waals surface area contributed by atoms with Crippen LogP contribution in [0.15, 0.2) is 48.5 Å². The number of aromatic amines is 1. The monoisotopic (exact) mass is 339 g/mol. The minimum Gasteiger partial charge on any atom is -0.496 e. The van der Waals surface area contributed by atoms with Gasteiger partial charge >= 0.3 is 0 Å². The molecule has 0 amide bonds. The molecule has 24 heavy (non-hydrogen) atoms. The molecule has 2 aromatic carbocycles. The minimum absolute atomic E-state index is 0.636. The van der Waals surface area contributed by atoms with Gasteiger partial charge in [0.05, 0.1) is 7.11 Å². The average Bonchev–Trinajstić information content (AvgIpc) is 2.96. The molecule has 3 rings (SSSR count). The Hall–Kier alpha value is -2.40. The smallest absolute Gasteiger partial charge is 0.199 e. The van der Waals surface area contributed by atoms with Crippen molar-refractivity contribution in [1.29, 1.82) is 0 Å². The van der Waals surface area contributed by atoms with Crippen molar-refractivity contribution >= 4 is 12.2 Å². The fraction of sp³-hybridized carbons (Fsp3) is 0.263. The molecule has 0 fully saturated rings. The predicted molar refractivity (Wildman–Crippen MR) is 98.5 cm³/mol. The number of para-hydroxylation sites is 1. The first-order valence-electron chi connectivity index (χ1n) is 8.04. The van der Waals surface area contributed by atoms with Crippen molar-refractivity contribution in [3.05, 3.63) is 70.3 Å². The number of hydrogen-bond acceptors (Lipinski definition) is 3. The van der Waals surface area contributed by atoms with E-state index in [1.54, 1.807) is 7.11 Å². The summed E-state index contributed by atoms with van der Waals surface area (Å²) in [6.45, 7) is 2.07. The van der Waals surface area contributed by atoms with E-state index < -0.39 is 0 Å². The first-order chi connectivity index (χ1) is 11.7. The number of methoxy groups -OCH3 is 1. The highest BCUT2D eigenvalue weighted by atomic mass is 32.1. The number of H-pyrrole nitrogens is 1. The third-order valence-electron chi connectivity index (χ3n) is 4.08. The predicted octanol–water partition coefficient (Wildman–Crippen LogP) is 4.42.